The molecule has 2 fully saturated rings. The Labute approximate surface area is 191 Å². The van der Waals surface area contributed by atoms with Gasteiger partial charge in [-0.15, -0.1) is 0 Å². The van der Waals surface area contributed by atoms with Gasteiger partial charge >= 0.3 is 12.2 Å². The lowest BCUT2D eigenvalue weighted by Crippen LogP contribution is -2.41. The van der Waals surface area contributed by atoms with Crippen molar-refractivity contribution in [1.82, 2.24) is 15.5 Å². The molecule has 1 aromatic carbocycles. The topological polar surface area (TPSA) is 88.5 Å². The Hall–Kier alpha value is -2.96. The van der Waals surface area contributed by atoms with Crippen molar-refractivity contribution in [3.05, 3.63) is 29.3 Å². The highest BCUT2D eigenvalue weighted by atomic mass is 19.4. The van der Waals surface area contributed by atoms with Crippen molar-refractivity contribution in [3.8, 4) is 6.07 Å². The molecule has 7 nitrogen and oxygen atoms in total. The van der Waals surface area contributed by atoms with E-state index in [9.17, 15) is 22.8 Å². The lowest BCUT2D eigenvalue weighted by atomic mass is 9.78. The first kappa shape index (κ1) is 24.7. The van der Waals surface area contributed by atoms with E-state index in [0.29, 0.717) is 51.3 Å². The molecule has 2 atom stereocenters. The number of likely N-dealkylation sites (tertiary alicyclic amines) is 1. The summed E-state index contributed by atoms with van der Waals surface area (Å²) in [6, 6.07) is 5.26. The average Bonchev–Trinajstić information content (AvgIpc) is 3.26. The maximum atomic E-state index is 13.3. The highest BCUT2D eigenvalue weighted by Gasteiger charge is 2.44. The molecule has 0 saturated carbocycles. The molecular formula is C23H30F3N5O2. The van der Waals surface area contributed by atoms with Crippen LogP contribution in [-0.2, 0) is 11.0 Å². The predicted octanol–water partition coefficient (Wildman–Crippen LogP) is 3.21. The van der Waals surface area contributed by atoms with E-state index in [4.69, 9.17) is 5.26 Å². The highest BCUT2D eigenvalue weighted by Crippen LogP contribution is 2.39. The molecule has 2 heterocycles. The fraction of sp³-hybridized carbons (Fsp3) is 0.609. The van der Waals surface area contributed by atoms with Crippen LogP contribution < -0.4 is 15.5 Å². The van der Waals surface area contributed by atoms with Gasteiger partial charge < -0.3 is 20.4 Å². The van der Waals surface area contributed by atoms with Gasteiger partial charge in [-0.25, -0.2) is 4.79 Å². The monoisotopic (exact) mass is 465 g/mol. The summed E-state index contributed by atoms with van der Waals surface area (Å²) in [6.07, 6.45) is -2.34. The molecule has 0 unspecified atom stereocenters. The molecule has 10 heteroatoms. The second-order valence-corrected chi connectivity index (χ2v) is 8.69. The third-order valence-corrected chi connectivity index (χ3v) is 6.70. The third kappa shape index (κ3) is 5.52. The van der Waals surface area contributed by atoms with E-state index >= 15 is 0 Å². The zero-order valence-electron chi connectivity index (χ0n) is 18.9. The van der Waals surface area contributed by atoms with Crippen molar-refractivity contribution in [3.63, 3.8) is 0 Å². The highest BCUT2D eigenvalue weighted by molar-refractivity contribution is 5.81. The van der Waals surface area contributed by atoms with Gasteiger partial charge in [0.25, 0.3) is 0 Å². The van der Waals surface area contributed by atoms with Gasteiger partial charge in [0.15, 0.2) is 0 Å². The van der Waals surface area contributed by atoms with E-state index in [0.717, 1.165) is 12.5 Å². The molecule has 2 saturated heterocycles. The smallest absolute Gasteiger partial charge is 0.372 e. The van der Waals surface area contributed by atoms with Crippen LogP contribution in [0.15, 0.2) is 18.2 Å². The Balaban J connectivity index is 1.70. The van der Waals surface area contributed by atoms with Gasteiger partial charge in [-0.05, 0) is 49.3 Å². The van der Waals surface area contributed by atoms with Crippen molar-refractivity contribution in [1.29, 1.82) is 5.26 Å². The number of nitrogens with one attached hydrogen (secondary N) is 2. The zero-order valence-corrected chi connectivity index (χ0v) is 18.9. The van der Waals surface area contributed by atoms with E-state index in [1.54, 1.807) is 24.1 Å². The van der Waals surface area contributed by atoms with Gasteiger partial charge in [-0.2, -0.15) is 18.4 Å². The minimum atomic E-state index is -4.59. The van der Waals surface area contributed by atoms with Crippen molar-refractivity contribution < 1.29 is 22.8 Å². The van der Waals surface area contributed by atoms with Gasteiger partial charge in [0.2, 0.25) is 5.91 Å². The molecule has 3 rings (SSSR count). The van der Waals surface area contributed by atoms with Crippen LogP contribution in [0.5, 0.6) is 0 Å². The van der Waals surface area contributed by atoms with Gasteiger partial charge in [0.05, 0.1) is 23.1 Å². The third-order valence-electron chi connectivity index (χ3n) is 6.70. The van der Waals surface area contributed by atoms with E-state index in [2.05, 4.69) is 10.6 Å². The quantitative estimate of drug-likeness (QED) is 0.699. The van der Waals surface area contributed by atoms with Gasteiger partial charge in [-0.3, -0.25) is 4.79 Å². The number of carbonyl (C=O) groups is 2. The number of nitriles is 1. The number of anilines is 1. The van der Waals surface area contributed by atoms with E-state index in [1.807, 2.05) is 11.8 Å². The number of carbonyl (C=O) groups excluding carboxylic acids is 2. The first-order valence-corrected chi connectivity index (χ1v) is 11.3. The summed E-state index contributed by atoms with van der Waals surface area (Å²) >= 11 is 0. The molecule has 0 spiro atoms. The minimum absolute atomic E-state index is 0.00572. The average molecular weight is 466 g/mol. The molecular weight excluding hydrogens is 435 g/mol. The Morgan fingerprint density at radius 3 is 2.48 bits per heavy atom. The second-order valence-electron chi connectivity index (χ2n) is 8.69. The lowest BCUT2D eigenvalue weighted by Gasteiger charge is -2.37. The Morgan fingerprint density at radius 2 is 1.91 bits per heavy atom. The van der Waals surface area contributed by atoms with Crippen LogP contribution in [0.2, 0.25) is 0 Å². The van der Waals surface area contributed by atoms with Gasteiger partial charge in [-0.1, -0.05) is 6.92 Å². The molecule has 0 bridgehead atoms. The van der Waals surface area contributed by atoms with Crippen molar-refractivity contribution >= 4 is 17.6 Å². The Morgan fingerprint density at radius 1 is 1.21 bits per heavy atom. The lowest BCUT2D eigenvalue weighted by molar-refractivity contribution is -0.137. The summed E-state index contributed by atoms with van der Waals surface area (Å²) in [6.45, 7) is 4.50. The molecule has 3 amide bonds. The number of amides is 3. The maximum Gasteiger partial charge on any atom is 0.417 e. The van der Waals surface area contributed by atoms with E-state index in [-0.39, 0.29) is 35.3 Å². The fourth-order valence-electron chi connectivity index (χ4n) is 4.93. The van der Waals surface area contributed by atoms with Crippen LogP contribution in [-0.4, -0.2) is 56.6 Å². The number of alkyl halides is 3. The molecule has 0 aromatic heterocycles. The Kier molecular flexibility index (Phi) is 7.72. The summed E-state index contributed by atoms with van der Waals surface area (Å²) in [5, 5.41) is 14.6. The summed E-state index contributed by atoms with van der Waals surface area (Å²) in [5.74, 6) is -0.194. The van der Waals surface area contributed by atoms with Crippen LogP contribution in [0, 0.1) is 29.1 Å². The molecule has 2 N–H and O–H groups in total. The molecule has 180 valence electrons. The standard InChI is InChI=1S/C23H30F3N5O2/c1-3-8-29-22(33)31-13-18(19(14-31)21(32)28-2)15-6-9-30(10-7-15)17-5-4-16(12-27)20(11-17)23(24,25)26/h4-5,11,15,18-19H,3,6-10,13-14H2,1-2H3,(H,28,32)(H,29,33)/t18-,19+/m0/s1. The largest absolute Gasteiger partial charge is 0.417 e. The normalized spacial score (nSPS) is 21.6. The summed E-state index contributed by atoms with van der Waals surface area (Å²) in [7, 11) is 1.59. The van der Waals surface area contributed by atoms with Crippen LogP contribution in [0.1, 0.15) is 37.3 Å². The number of rotatable bonds is 5. The second kappa shape index (κ2) is 10.3. The SMILES string of the molecule is CCCNC(=O)N1C[C@@H](C(=O)NC)[C@H](C2CCN(c3ccc(C#N)c(C(F)(F)F)c3)CC2)C1. The van der Waals surface area contributed by atoms with Crippen LogP contribution in [0.4, 0.5) is 23.7 Å². The van der Waals surface area contributed by atoms with E-state index in [1.165, 1.54) is 6.07 Å². The van der Waals surface area contributed by atoms with Gasteiger partial charge in [0, 0.05) is 45.5 Å². The van der Waals surface area contributed by atoms with Gasteiger partial charge in [0.1, 0.15) is 0 Å². The van der Waals surface area contributed by atoms with Crippen LogP contribution >= 0.6 is 0 Å². The summed E-state index contributed by atoms with van der Waals surface area (Å²) < 4.78 is 40.0. The summed E-state index contributed by atoms with van der Waals surface area (Å²) in [4.78, 5) is 28.6. The molecule has 2 aliphatic heterocycles. The van der Waals surface area contributed by atoms with Crippen LogP contribution in [0.3, 0.4) is 0 Å². The minimum Gasteiger partial charge on any atom is -0.372 e. The fourth-order valence-corrected chi connectivity index (χ4v) is 4.93. The maximum absolute atomic E-state index is 13.3. The number of halogens is 3. The molecule has 2 aliphatic rings. The summed E-state index contributed by atoms with van der Waals surface area (Å²) in [5.41, 5.74) is -0.870. The number of nitrogens with zero attached hydrogens (tertiary/aromatic N) is 3. The number of hydrogen-bond donors (Lipinski definition) is 2. The number of hydrogen-bond acceptors (Lipinski definition) is 4. The number of urea groups is 1. The predicted molar refractivity (Wildman–Crippen MR) is 117 cm³/mol. The molecule has 0 aliphatic carbocycles. The number of benzene rings is 1. The van der Waals surface area contributed by atoms with Crippen molar-refractivity contribution in [2.45, 2.75) is 32.4 Å². The number of piperidine rings is 1. The molecule has 0 radical (unpaired) electrons. The van der Waals surface area contributed by atoms with Crippen molar-refractivity contribution in [2.24, 2.45) is 17.8 Å². The first-order valence-electron chi connectivity index (χ1n) is 11.3. The van der Waals surface area contributed by atoms with Crippen LogP contribution in [0.25, 0.3) is 0 Å². The van der Waals surface area contributed by atoms with E-state index < -0.39 is 11.7 Å². The first-order chi connectivity index (χ1) is 15.7. The molecule has 33 heavy (non-hydrogen) atoms. The zero-order chi connectivity index (χ0) is 24.2. The molecule has 1 aromatic rings. The Bertz CT molecular complexity index is 906. The van der Waals surface area contributed by atoms with Crippen molar-refractivity contribution in [2.75, 3.05) is 44.7 Å².